The van der Waals surface area contributed by atoms with Crippen LogP contribution in [0.4, 0.5) is 18.9 Å². The number of carbonyl (C=O) groups excluding carboxylic acids is 1. The van der Waals surface area contributed by atoms with Gasteiger partial charge in [-0.05, 0) is 47.9 Å². The van der Waals surface area contributed by atoms with Crippen LogP contribution in [-0.2, 0) is 11.0 Å². The van der Waals surface area contributed by atoms with Crippen LogP contribution in [0.3, 0.4) is 0 Å². The van der Waals surface area contributed by atoms with Crippen molar-refractivity contribution in [1.29, 1.82) is 0 Å². The molecule has 1 aromatic heterocycles. The van der Waals surface area contributed by atoms with E-state index >= 15 is 0 Å². The first-order valence-electron chi connectivity index (χ1n) is 6.46. The summed E-state index contributed by atoms with van der Waals surface area (Å²) in [5.41, 5.74) is -0.917. The minimum absolute atomic E-state index is 0.0426. The van der Waals surface area contributed by atoms with Crippen molar-refractivity contribution in [2.75, 3.05) is 5.32 Å². The number of halogens is 4. The number of amides is 1. The Labute approximate surface area is 150 Å². The molecule has 9 heteroatoms. The molecule has 0 aliphatic heterocycles. The van der Waals surface area contributed by atoms with Crippen LogP contribution in [0.15, 0.2) is 41.8 Å². The van der Waals surface area contributed by atoms with Crippen molar-refractivity contribution in [3.8, 4) is 0 Å². The molecule has 0 aliphatic carbocycles. The van der Waals surface area contributed by atoms with Crippen molar-refractivity contribution in [2.45, 2.75) is 6.18 Å². The Morgan fingerprint density at radius 3 is 2.67 bits per heavy atom. The van der Waals surface area contributed by atoms with Crippen molar-refractivity contribution in [3.05, 3.63) is 57.3 Å². The summed E-state index contributed by atoms with van der Waals surface area (Å²) in [7, 11) is 0. The standard InChI is InChI=1S/C15H10ClF3N2OS2/c16-11-5-3-9(15(17,18)19)8-12(11)20-14(23)21-13(22)6-4-10-2-1-7-24-10/h1-8H,(H2,20,21,22,23)/b6-4+. The molecule has 2 N–H and O–H groups in total. The van der Waals surface area contributed by atoms with Crippen LogP contribution in [0.2, 0.25) is 5.02 Å². The number of nitrogens with one attached hydrogen (secondary N) is 2. The summed E-state index contributed by atoms with van der Waals surface area (Å²) in [6, 6.07) is 6.45. The van der Waals surface area contributed by atoms with Gasteiger partial charge in [0, 0.05) is 11.0 Å². The number of benzene rings is 1. The zero-order valence-electron chi connectivity index (χ0n) is 11.9. The fourth-order valence-corrected chi connectivity index (χ4v) is 2.64. The van der Waals surface area contributed by atoms with Gasteiger partial charge in [0.1, 0.15) is 0 Å². The molecule has 0 atom stereocenters. The zero-order valence-corrected chi connectivity index (χ0v) is 14.2. The minimum atomic E-state index is -4.50. The first-order valence-corrected chi connectivity index (χ1v) is 8.12. The number of hydrogen-bond acceptors (Lipinski definition) is 3. The highest BCUT2D eigenvalue weighted by molar-refractivity contribution is 7.80. The molecule has 126 valence electrons. The van der Waals surface area contributed by atoms with Gasteiger partial charge in [-0.2, -0.15) is 13.2 Å². The van der Waals surface area contributed by atoms with Gasteiger partial charge in [-0.3, -0.25) is 10.1 Å². The zero-order chi connectivity index (χ0) is 17.7. The first-order chi connectivity index (χ1) is 11.3. The second kappa shape index (κ2) is 7.78. The number of anilines is 1. The third-order valence-corrected chi connectivity index (χ3v) is 4.09. The van der Waals surface area contributed by atoms with E-state index in [1.165, 1.54) is 17.4 Å². The van der Waals surface area contributed by atoms with Crippen molar-refractivity contribution < 1.29 is 18.0 Å². The van der Waals surface area contributed by atoms with Crippen LogP contribution < -0.4 is 10.6 Å². The molecule has 0 saturated carbocycles. The Morgan fingerprint density at radius 2 is 2.04 bits per heavy atom. The average molecular weight is 391 g/mol. The van der Waals surface area contributed by atoms with E-state index in [4.69, 9.17) is 23.8 Å². The lowest BCUT2D eigenvalue weighted by Crippen LogP contribution is -2.33. The number of thiocarbonyl (C=S) groups is 1. The van der Waals surface area contributed by atoms with Gasteiger partial charge in [-0.15, -0.1) is 11.3 Å². The normalized spacial score (nSPS) is 11.5. The number of alkyl halides is 3. The molecule has 0 radical (unpaired) electrons. The summed E-state index contributed by atoms with van der Waals surface area (Å²) < 4.78 is 38.1. The van der Waals surface area contributed by atoms with Crippen LogP contribution in [0.5, 0.6) is 0 Å². The van der Waals surface area contributed by atoms with Gasteiger partial charge in [0.05, 0.1) is 16.3 Å². The van der Waals surface area contributed by atoms with Gasteiger partial charge in [-0.1, -0.05) is 17.7 Å². The summed E-state index contributed by atoms with van der Waals surface area (Å²) in [6.45, 7) is 0. The molecule has 0 aliphatic rings. The van der Waals surface area contributed by atoms with Crippen molar-refractivity contribution in [2.24, 2.45) is 0 Å². The van der Waals surface area contributed by atoms with E-state index in [1.807, 2.05) is 17.5 Å². The van der Waals surface area contributed by atoms with Crippen LogP contribution in [-0.4, -0.2) is 11.0 Å². The largest absolute Gasteiger partial charge is 0.416 e. The summed E-state index contributed by atoms with van der Waals surface area (Å²) >= 11 is 12.2. The Hall–Kier alpha value is -1.90. The summed E-state index contributed by atoms with van der Waals surface area (Å²) in [4.78, 5) is 12.6. The Balaban J connectivity index is 2.00. The molecule has 24 heavy (non-hydrogen) atoms. The summed E-state index contributed by atoms with van der Waals surface area (Å²) in [5.74, 6) is -0.510. The van der Waals surface area contributed by atoms with Gasteiger partial charge < -0.3 is 5.32 Å². The fraction of sp³-hybridized carbons (Fsp3) is 0.0667. The van der Waals surface area contributed by atoms with Crippen molar-refractivity contribution >= 4 is 57.9 Å². The molecule has 0 unspecified atom stereocenters. The van der Waals surface area contributed by atoms with E-state index in [0.29, 0.717) is 0 Å². The van der Waals surface area contributed by atoms with Crippen molar-refractivity contribution in [1.82, 2.24) is 5.32 Å². The lowest BCUT2D eigenvalue weighted by Gasteiger charge is -2.13. The van der Waals surface area contributed by atoms with Gasteiger partial charge >= 0.3 is 6.18 Å². The van der Waals surface area contributed by atoms with Gasteiger partial charge in [0.2, 0.25) is 5.91 Å². The van der Waals surface area contributed by atoms with E-state index in [1.54, 1.807) is 6.08 Å². The minimum Gasteiger partial charge on any atom is -0.331 e. The van der Waals surface area contributed by atoms with Crippen LogP contribution >= 0.6 is 35.2 Å². The van der Waals surface area contributed by atoms with E-state index in [0.717, 1.165) is 23.1 Å². The van der Waals surface area contributed by atoms with Crippen molar-refractivity contribution in [3.63, 3.8) is 0 Å². The highest BCUT2D eigenvalue weighted by atomic mass is 35.5. The van der Waals surface area contributed by atoms with Gasteiger partial charge in [-0.25, -0.2) is 0 Å². The highest BCUT2D eigenvalue weighted by Gasteiger charge is 2.31. The quantitative estimate of drug-likeness (QED) is 0.575. The number of carbonyl (C=O) groups is 1. The molecule has 2 aromatic rings. The first kappa shape index (κ1) is 18.4. The van der Waals surface area contributed by atoms with Crippen LogP contribution in [0.1, 0.15) is 10.4 Å². The molecule has 2 rings (SSSR count). The van der Waals surface area contributed by atoms with Crippen LogP contribution in [0.25, 0.3) is 6.08 Å². The summed E-state index contributed by atoms with van der Waals surface area (Å²) in [6.07, 6.45) is -1.64. The molecule has 1 aromatic carbocycles. The number of thiophene rings is 1. The SMILES string of the molecule is O=C(/C=C/c1cccs1)NC(=S)Nc1cc(C(F)(F)F)ccc1Cl. The third-order valence-electron chi connectivity index (χ3n) is 2.72. The molecule has 0 saturated heterocycles. The topological polar surface area (TPSA) is 41.1 Å². The number of hydrogen-bond donors (Lipinski definition) is 2. The van der Waals surface area contributed by atoms with Gasteiger partial charge in [0.15, 0.2) is 5.11 Å². The predicted molar refractivity (Wildman–Crippen MR) is 94.2 cm³/mol. The Bertz CT molecular complexity index is 774. The second-order valence-corrected chi connectivity index (χ2v) is 6.28. The molecule has 0 bridgehead atoms. The molecular weight excluding hydrogens is 381 g/mol. The summed E-state index contributed by atoms with van der Waals surface area (Å²) in [5, 5.41) is 6.57. The lowest BCUT2D eigenvalue weighted by atomic mass is 10.2. The molecule has 0 spiro atoms. The Kier molecular flexibility index (Phi) is 5.98. The van der Waals surface area contributed by atoms with Crippen LogP contribution in [0, 0.1) is 0 Å². The molecule has 3 nitrogen and oxygen atoms in total. The molecule has 0 fully saturated rings. The molecule has 1 amide bonds. The van der Waals surface area contributed by atoms with E-state index < -0.39 is 17.6 Å². The predicted octanol–water partition coefficient (Wildman–Crippen LogP) is 4.95. The number of rotatable bonds is 3. The maximum Gasteiger partial charge on any atom is 0.416 e. The Morgan fingerprint density at radius 1 is 1.29 bits per heavy atom. The maximum absolute atomic E-state index is 12.7. The highest BCUT2D eigenvalue weighted by Crippen LogP contribution is 2.33. The second-order valence-electron chi connectivity index (χ2n) is 4.48. The maximum atomic E-state index is 12.7. The fourth-order valence-electron chi connectivity index (χ4n) is 1.65. The monoisotopic (exact) mass is 390 g/mol. The smallest absolute Gasteiger partial charge is 0.331 e. The molecule has 1 heterocycles. The third kappa shape index (κ3) is 5.33. The van der Waals surface area contributed by atoms with Gasteiger partial charge in [0.25, 0.3) is 0 Å². The molecular formula is C15H10ClF3N2OS2. The average Bonchev–Trinajstić information content (AvgIpc) is 2.99. The van der Waals surface area contributed by atoms with E-state index in [-0.39, 0.29) is 15.8 Å². The van der Waals surface area contributed by atoms with E-state index in [9.17, 15) is 18.0 Å². The lowest BCUT2D eigenvalue weighted by molar-refractivity contribution is -0.137. The van der Waals surface area contributed by atoms with E-state index in [2.05, 4.69) is 10.6 Å².